The van der Waals surface area contributed by atoms with Gasteiger partial charge in [-0.2, -0.15) is 0 Å². The molecule has 3 N–H and O–H groups in total. The molecule has 2 fully saturated rings. The number of benzene rings is 1. The standard InChI is InChI=1S/C14H17FN2O/c15-10-3-4-12(16)11(7-10)13(18)17-8-14(5-6-14)9-1-2-9/h3-4,7,9H,1-2,5-6,8,16H2,(H,17,18). The van der Waals surface area contributed by atoms with E-state index >= 15 is 0 Å². The van der Waals surface area contributed by atoms with Crippen LogP contribution in [0.3, 0.4) is 0 Å². The molecule has 0 spiro atoms. The second-order valence-corrected chi connectivity index (χ2v) is 5.55. The number of halogens is 1. The van der Waals surface area contributed by atoms with Crippen molar-refractivity contribution in [1.29, 1.82) is 0 Å². The van der Waals surface area contributed by atoms with Crippen LogP contribution in [0.25, 0.3) is 0 Å². The summed E-state index contributed by atoms with van der Waals surface area (Å²) >= 11 is 0. The van der Waals surface area contributed by atoms with Crippen molar-refractivity contribution in [1.82, 2.24) is 5.32 Å². The van der Waals surface area contributed by atoms with Gasteiger partial charge in [-0.15, -0.1) is 0 Å². The van der Waals surface area contributed by atoms with Gasteiger partial charge in [-0.05, 0) is 55.2 Å². The van der Waals surface area contributed by atoms with Gasteiger partial charge in [-0.25, -0.2) is 4.39 Å². The van der Waals surface area contributed by atoms with Crippen LogP contribution in [-0.2, 0) is 0 Å². The molecule has 1 aromatic rings. The van der Waals surface area contributed by atoms with Gasteiger partial charge in [0.25, 0.3) is 5.91 Å². The SMILES string of the molecule is Nc1ccc(F)cc1C(=O)NCC1(C2CC2)CC1. The van der Waals surface area contributed by atoms with Crippen molar-refractivity contribution < 1.29 is 9.18 Å². The maximum Gasteiger partial charge on any atom is 0.253 e. The van der Waals surface area contributed by atoms with Crippen molar-refractivity contribution >= 4 is 11.6 Å². The molecular formula is C14H17FN2O. The first-order chi connectivity index (χ1) is 8.61. The Hall–Kier alpha value is -1.58. The van der Waals surface area contributed by atoms with Gasteiger partial charge in [-0.1, -0.05) is 0 Å². The molecule has 18 heavy (non-hydrogen) atoms. The van der Waals surface area contributed by atoms with Gasteiger partial charge in [-0.3, -0.25) is 4.79 Å². The van der Waals surface area contributed by atoms with E-state index in [1.54, 1.807) is 0 Å². The van der Waals surface area contributed by atoms with Crippen molar-refractivity contribution in [3.05, 3.63) is 29.6 Å². The molecule has 2 saturated carbocycles. The molecule has 2 aliphatic rings. The number of rotatable bonds is 4. The van der Waals surface area contributed by atoms with Gasteiger partial charge in [0.1, 0.15) is 5.82 Å². The number of anilines is 1. The van der Waals surface area contributed by atoms with Crippen LogP contribution < -0.4 is 11.1 Å². The van der Waals surface area contributed by atoms with Crippen LogP contribution >= 0.6 is 0 Å². The Morgan fingerprint density at radius 3 is 2.78 bits per heavy atom. The number of nitrogens with two attached hydrogens (primary N) is 1. The van der Waals surface area contributed by atoms with Crippen LogP contribution in [0.15, 0.2) is 18.2 Å². The van der Waals surface area contributed by atoms with Gasteiger partial charge in [0.2, 0.25) is 0 Å². The van der Waals surface area contributed by atoms with Crippen molar-refractivity contribution in [3.8, 4) is 0 Å². The van der Waals surface area contributed by atoms with E-state index in [1.165, 1.54) is 43.9 Å². The largest absolute Gasteiger partial charge is 0.398 e. The first-order valence-corrected chi connectivity index (χ1v) is 6.44. The number of hydrogen-bond donors (Lipinski definition) is 2. The molecule has 0 aliphatic heterocycles. The zero-order valence-electron chi connectivity index (χ0n) is 10.2. The van der Waals surface area contributed by atoms with Gasteiger partial charge in [0.05, 0.1) is 5.56 Å². The first-order valence-electron chi connectivity index (χ1n) is 6.44. The Morgan fingerprint density at radius 2 is 2.17 bits per heavy atom. The monoisotopic (exact) mass is 248 g/mol. The lowest BCUT2D eigenvalue weighted by molar-refractivity contribution is 0.0943. The Labute approximate surface area is 106 Å². The van der Waals surface area contributed by atoms with E-state index in [0.717, 1.165) is 5.92 Å². The lowest BCUT2D eigenvalue weighted by atomic mass is 10.0. The van der Waals surface area contributed by atoms with Gasteiger partial charge >= 0.3 is 0 Å². The van der Waals surface area contributed by atoms with Crippen molar-refractivity contribution in [2.45, 2.75) is 25.7 Å². The van der Waals surface area contributed by atoms with E-state index in [-0.39, 0.29) is 11.5 Å². The summed E-state index contributed by atoms with van der Waals surface area (Å²) in [5, 5.41) is 2.91. The fourth-order valence-corrected chi connectivity index (χ4v) is 2.66. The van der Waals surface area contributed by atoms with Crippen LogP contribution in [0, 0.1) is 17.2 Å². The van der Waals surface area contributed by atoms with Crippen LogP contribution in [0.2, 0.25) is 0 Å². The molecule has 96 valence electrons. The van der Waals surface area contributed by atoms with E-state index in [2.05, 4.69) is 5.32 Å². The molecule has 2 aliphatic carbocycles. The molecule has 0 aromatic heterocycles. The number of carbonyl (C=O) groups excluding carboxylic acids is 1. The van der Waals surface area contributed by atoms with E-state index in [0.29, 0.717) is 17.6 Å². The van der Waals surface area contributed by atoms with Gasteiger partial charge < -0.3 is 11.1 Å². The van der Waals surface area contributed by atoms with E-state index in [4.69, 9.17) is 5.73 Å². The smallest absolute Gasteiger partial charge is 0.253 e. The molecule has 3 nitrogen and oxygen atoms in total. The maximum atomic E-state index is 13.1. The Morgan fingerprint density at radius 1 is 1.44 bits per heavy atom. The number of hydrogen-bond acceptors (Lipinski definition) is 2. The third-order valence-electron chi connectivity index (χ3n) is 4.20. The molecule has 0 heterocycles. The number of carbonyl (C=O) groups is 1. The molecule has 1 amide bonds. The molecule has 0 bridgehead atoms. The van der Waals surface area contributed by atoms with Crippen LogP contribution in [-0.4, -0.2) is 12.5 Å². The summed E-state index contributed by atoms with van der Waals surface area (Å²) in [6, 6.07) is 3.89. The highest BCUT2D eigenvalue weighted by atomic mass is 19.1. The predicted molar refractivity (Wildman–Crippen MR) is 67.5 cm³/mol. The molecule has 0 radical (unpaired) electrons. The Balaban J connectivity index is 1.65. The van der Waals surface area contributed by atoms with Crippen molar-refractivity contribution in [2.24, 2.45) is 11.3 Å². The van der Waals surface area contributed by atoms with E-state index in [1.807, 2.05) is 0 Å². The van der Waals surface area contributed by atoms with E-state index in [9.17, 15) is 9.18 Å². The fourth-order valence-electron chi connectivity index (χ4n) is 2.66. The topological polar surface area (TPSA) is 55.1 Å². The van der Waals surface area contributed by atoms with Crippen LogP contribution in [0.4, 0.5) is 10.1 Å². The number of nitrogen functional groups attached to an aromatic ring is 1. The summed E-state index contributed by atoms with van der Waals surface area (Å²) in [5.74, 6) is 0.0965. The second kappa shape index (κ2) is 3.97. The highest BCUT2D eigenvalue weighted by Crippen LogP contribution is 2.60. The molecule has 3 rings (SSSR count). The molecular weight excluding hydrogens is 231 g/mol. The predicted octanol–water partition coefficient (Wildman–Crippen LogP) is 2.33. The van der Waals surface area contributed by atoms with Crippen LogP contribution in [0.5, 0.6) is 0 Å². The molecule has 1 aromatic carbocycles. The minimum atomic E-state index is -0.433. The van der Waals surface area contributed by atoms with Gasteiger partial charge in [0.15, 0.2) is 0 Å². The average molecular weight is 248 g/mol. The normalized spacial score (nSPS) is 20.5. The van der Waals surface area contributed by atoms with Crippen molar-refractivity contribution in [3.63, 3.8) is 0 Å². The van der Waals surface area contributed by atoms with Crippen molar-refractivity contribution in [2.75, 3.05) is 12.3 Å². The quantitative estimate of drug-likeness (QED) is 0.803. The Kier molecular flexibility index (Phi) is 2.54. The summed E-state index contributed by atoms with van der Waals surface area (Å²) < 4.78 is 13.1. The Bertz CT molecular complexity index is 493. The zero-order valence-corrected chi connectivity index (χ0v) is 10.2. The second-order valence-electron chi connectivity index (χ2n) is 5.55. The highest BCUT2D eigenvalue weighted by molar-refractivity contribution is 5.99. The fraction of sp³-hybridized carbons (Fsp3) is 0.500. The van der Waals surface area contributed by atoms with Crippen LogP contribution in [0.1, 0.15) is 36.0 Å². The summed E-state index contributed by atoms with van der Waals surface area (Å²) in [7, 11) is 0. The lowest BCUT2D eigenvalue weighted by Crippen LogP contribution is -2.31. The number of amides is 1. The lowest BCUT2D eigenvalue weighted by Gasteiger charge is -2.15. The average Bonchev–Trinajstić information content (AvgIpc) is 3.21. The number of nitrogens with one attached hydrogen (secondary N) is 1. The first kappa shape index (κ1) is 11.5. The summed E-state index contributed by atoms with van der Waals surface area (Å²) in [6.07, 6.45) is 4.99. The third-order valence-corrected chi connectivity index (χ3v) is 4.20. The van der Waals surface area contributed by atoms with Gasteiger partial charge in [0, 0.05) is 12.2 Å². The molecule has 0 unspecified atom stereocenters. The summed E-state index contributed by atoms with van der Waals surface area (Å²) in [6.45, 7) is 0.701. The highest BCUT2D eigenvalue weighted by Gasteiger charge is 2.53. The molecule has 4 heteroatoms. The minimum absolute atomic E-state index is 0.238. The maximum absolute atomic E-state index is 13.1. The summed E-state index contributed by atoms with van der Waals surface area (Å²) in [4.78, 5) is 12.0. The zero-order chi connectivity index (χ0) is 12.8. The minimum Gasteiger partial charge on any atom is -0.398 e. The summed E-state index contributed by atoms with van der Waals surface area (Å²) in [5.41, 5.74) is 6.60. The third kappa shape index (κ3) is 2.07. The molecule has 0 saturated heterocycles. The molecule has 0 atom stereocenters. The van der Waals surface area contributed by atoms with E-state index < -0.39 is 5.82 Å².